The summed E-state index contributed by atoms with van der Waals surface area (Å²) in [6, 6.07) is 4.54. The van der Waals surface area contributed by atoms with Crippen LogP contribution in [0.15, 0.2) is 29.2 Å². The van der Waals surface area contributed by atoms with E-state index in [1.807, 2.05) is 0 Å². The molecule has 144 valence electrons. The Morgan fingerprint density at radius 3 is 2.31 bits per heavy atom. The minimum Gasteiger partial charge on any atom is -0.481 e. The van der Waals surface area contributed by atoms with Crippen molar-refractivity contribution in [3.05, 3.63) is 29.3 Å². The fourth-order valence-electron chi connectivity index (χ4n) is 3.07. The van der Waals surface area contributed by atoms with Crippen LogP contribution in [-0.4, -0.2) is 38.0 Å². The van der Waals surface area contributed by atoms with Gasteiger partial charge in [0.1, 0.15) is 0 Å². The van der Waals surface area contributed by atoms with Gasteiger partial charge in [0.2, 0.25) is 15.9 Å². The van der Waals surface area contributed by atoms with Crippen molar-refractivity contribution in [2.75, 3.05) is 6.54 Å². The van der Waals surface area contributed by atoms with Crippen molar-refractivity contribution >= 4 is 33.5 Å². The van der Waals surface area contributed by atoms with Gasteiger partial charge in [-0.25, -0.2) is 8.42 Å². The van der Waals surface area contributed by atoms with Crippen molar-refractivity contribution in [3.8, 4) is 0 Å². The lowest BCUT2D eigenvalue weighted by Crippen LogP contribution is -2.50. The molecule has 0 bridgehead atoms. The molecule has 1 atom stereocenters. The van der Waals surface area contributed by atoms with Crippen molar-refractivity contribution in [3.63, 3.8) is 0 Å². The summed E-state index contributed by atoms with van der Waals surface area (Å²) in [4.78, 5) is 23.9. The van der Waals surface area contributed by atoms with Gasteiger partial charge in [0, 0.05) is 11.6 Å². The number of hydrogen-bond acceptors (Lipinski definition) is 4. The summed E-state index contributed by atoms with van der Waals surface area (Å²) in [5, 5.41) is 12.5. The summed E-state index contributed by atoms with van der Waals surface area (Å²) in [5.74, 6) is -1.49. The number of aliphatic carboxylic acids is 1. The minimum absolute atomic E-state index is 0.00385. The predicted octanol–water partition coefficient (Wildman–Crippen LogP) is 2.16. The SMILES string of the molecule is CC(NS(=O)(=O)c1ccc(Cl)cc1)C(=O)NCC1(C(=O)O)CCCCC1. The van der Waals surface area contributed by atoms with E-state index in [1.54, 1.807) is 0 Å². The Bertz CT molecular complexity index is 758. The second-order valence-corrected chi connectivity index (χ2v) is 8.81. The van der Waals surface area contributed by atoms with Crippen LogP contribution >= 0.6 is 11.6 Å². The number of benzene rings is 1. The molecule has 3 N–H and O–H groups in total. The Hall–Kier alpha value is -1.64. The van der Waals surface area contributed by atoms with Gasteiger partial charge in [-0.2, -0.15) is 4.72 Å². The lowest BCUT2D eigenvalue weighted by Gasteiger charge is -2.33. The molecule has 0 saturated heterocycles. The molecule has 0 radical (unpaired) electrons. The van der Waals surface area contributed by atoms with Crippen LogP contribution < -0.4 is 10.0 Å². The summed E-state index contributed by atoms with van der Waals surface area (Å²) in [5.41, 5.74) is -0.970. The number of carbonyl (C=O) groups is 2. The maximum atomic E-state index is 12.3. The van der Waals surface area contributed by atoms with Crippen LogP contribution in [0.2, 0.25) is 5.02 Å². The van der Waals surface area contributed by atoms with E-state index in [4.69, 9.17) is 11.6 Å². The van der Waals surface area contributed by atoms with Gasteiger partial charge >= 0.3 is 5.97 Å². The zero-order chi connectivity index (χ0) is 19.4. The lowest BCUT2D eigenvalue weighted by molar-refractivity contribution is -0.151. The molecule has 2 rings (SSSR count). The van der Waals surface area contributed by atoms with Gasteiger partial charge in [-0.15, -0.1) is 0 Å². The Balaban J connectivity index is 1.98. The van der Waals surface area contributed by atoms with E-state index in [-0.39, 0.29) is 11.4 Å². The number of carboxylic acid groups (broad SMARTS) is 1. The van der Waals surface area contributed by atoms with Gasteiger partial charge in [0.05, 0.1) is 16.4 Å². The molecule has 1 fully saturated rings. The fourth-order valence-corrected chi connectivity index (χ4v) is 4.40. The normalized spacial score (nSPS) is 18.1. The first-order valence-electron chi connectivity index (χ1n) is 8.45. The quantitative estimate of drug-likeness (QED) is 0.646. The van der Waals surface area contributed by atoms with Crippen molar-refractivity contribution in [2.24, 2.45) is 5.41 Å². The maximum Gasteiger partial charge on any atom is 0.311 e. The number of carboxylic acids is 1. The maximum absolute atomic E-state index is 12.3. The first-order valence-corrected chi connectivity index (χ1v) is 10.3. The molecule has 0 spiro atoms. The Kier molecular flexibility index (Phi) is 6.65. The molecule has 1 aromatic carbocycles. The van der Waals surface area contributed by atoms with E-state index in [0.717, 1.165) is 19.3 Å². The summed E-state index contributed by atoms with van der Waals surface area (Å²) >= 11 is 5.74. The van der Waals surface area contributed by atoms with Crippen LogP contribution in [0.1, 0.15) is 39.0 Å². The lowest BCUT2D eigenvalue weighted by atomic mass is 9.74. The minimum atomic E-state index is -3.88. The molecule has 0 aromatic heterocycles. The van der Waals surface area contributed by atoms with Crippen LogP contribution in [0.4, 0.5) is 0 Å². The van der Waals surface area contributed by atoms with E-state index in [9.17, 15) is 23.1 Å². The van der Waals surface area contributed by atoms with Crippen LogP contribution in [0.25, 0.3) is 0 Å². The average Bonchev–Trinajstić information content (AvgIpc) is 2.60. The molecule has 1 aliphatic carbocycles. The van der Waals surface area contributed by atoms with Crippen LogP contribution in [0.3, 0.4) is 0 Å². The Morgan fingerprint density at radius 1 is 1.19 bits per heavy atom. The monoisotopic (exact) mass is 402 g/mol. The second-order valence-electron chi connectivity index (χ2n) is 6.66. The highest BCUT2D eigenvalue weighted by atomic mass is 35.5. The summed E-state index contributed by atoms with van der Waals surface area (Å²) < 4.78 is 26.9. The first kappa shape index (κ1) is 20.7. The fraction of sp³-hybridized carbons (Fsp3) is 0.529. The second kappa shape index (κ2) is 8.37. The van der Waals surface area contributed by atoms with Crippen LogP contribution in [0.5, 0.6) is 0 Å². The van der Waals surface area contributed by atoms with Crippen LogP contribution in [-0.2, 0) is 19.6 Å². The van der Waals surface area contributed by atoms with Gasteiger partial charge in [0.25, 0.3) is 0 Å². The number of rotatable bonds is 7. The molecule has 1 amide bonds. The topological polar surface area (TPSA) is 113 Å². The van der Waals surface area contributed by atoms with Gasteiger partial charge in [0.15, 0.2) is 0 Å². The van der Waals surface area contributed by atoms with E-state index in [0.29, 0.717) is 17.9 Å². The van der Waals surface area contributed by atoms with E-state index >= 15 is 0 Å². The van der Waals surface area contributed by atoms with Crippen molar-refractivity contribution in [1.29, 1.82) is 0 Å². The number of nitrogens with one attached hydrogen (secondary N) is 2. The molecule has 26 heavy (non-hydrogen) atoms. The summed E-state index contributed by atoms with van der Waals surface area (Å²) in [6.45, 7) is 1.41. The molecule has 1 unspecified atom stereocenters. The molecule has 0 aliphatic heterocycles. The van der Waals surface area contributed by atoms with Gasteiger partial charge in [-0.05, 0) is 44.0 Å². The van der Waals surface area contributed by atoms with E-state index < -0.39 is 33.4 Å². The van der Waals surface area contributed by atoms with Gasteiger partial charge < -0.3 is 10.4 Å². The Labute approximate surface area is 158 Å². The summed E-state index contributed by atoms with van der Waals surface area (Å²) in [7, 11) is -3.88. The number of halogens is 1. The third-order valence-electron chi connectivity index (χ3n) is 4.71. The molecule has 1 aliphatic rings. The Morgan fingerprint density at radius 2 is 1.77 bits per heavy atom. The zero-order valence-electron chi connectivity index (χ0n) is 14.5. The highest BCUT2D eigenvalue weighted by Gasteiger charge is 2.40. The van der Waals surface area contributed by atoms with E-state index in [1.165, 1.54) is 31.2 Å². The highest BCUT2D eigenvalue weighted by molar-refractivity contribution is 7.89. The number of amides is 1. The number of sulfonamides is 1. The molecule has 9 heteroatoms. The smallest absolute Gasteiger partial charge is 0.311 e. The molecular weight excluding hydrogens is 380 g/mol. The van der Waals surface area contributed by atoms with Crippen molar-refractivity contribution in [1.82, 2.24) is 10.0 Å². The third-order valence-corrected chi connectivity index (χ3v) is 6.52. The molecule has 0 heterocycles. The largest absolute Gasteiger partial charge is 0.481 e. The van der Waals surface area contributed by atoms with Crippen LogP contribution in [0, 0.1) is 5.41 Å². The van der Waals surface area contributed by atoms with Gasteiger partial charge in [-0.3, -0.25) is 9.59 Å². The van der Waals surface area contributed by atoms with Gasteiger partial charge in [-0.1, -0.05) is 30.9 Å². The third kappa shape index (κ3) is 4.96. The zero-order valence-corrected chi connectivity index (χ0v) is 16.1. The van der Waals surface area contributed by atoms with Crippen molar-refractivity contribution < 1.29 is 23.1 Å². The molecule has 7 nitrogen and oxygen atoms in total. The molecule has 1 saturated carbocycles. The number of hydrogen-bond donors (Lipinski definition) is 3. The van der Waals surface area contributed by atoms with E-state index in [2.05, 4.69) is 10.0 Å². The average molecular weight is 403 g/mol. The first-order chi connectivity index (χ1) is 12.2. The highest BCUT2D eigenvalue weighted by Crippen LogP contribution is 2.36. The summed E-state index contributed by atoms with van der Waals surface area (Å²) in [6.07, 6.45) is 3.61. The molecule has 1 aromatic rings. The predicted molar refractivity (Wildman–Crippen MR) is 97.4 cm³/mol. The number of carbonyl (C=O) groups excluding carboxylic acids is 1. The van der Waals surface area contributed by atoms with Crippen molar-refractivity contribution in [2.45, 2.75) is 50.0 Å². The molecular formula is C17H23ClN2O5S. The standard InChI is InChI=1S/C17H23ClN2O5S/c1-12(20-26(24,25)14-7-5-13(18)6-8-14)15(21)19-11-17(16(22)23)9-3-2-4-10-17/h5-8,12,20H,2-4,9-11H2,1H3,(H,19,21)(H,22,23).